The SMILES string of the molecule is CC1NC(=O)C(C)OC(=O)C(C(C)C)NC(=O)C(C(C)C)OC(=O)C(C(C)C)NC(=O)C(C)OC(=O)C(C(C)C)NC(=O)C(C(C)C)OC(=O)C(C)NC(=O)C(C)OC(=O)C(C(C)C)NC(=O)C(C(C)C)OC1=O. The standard InChI is InChI=1S/C50H82N6O18/c1-20(2)32-47(65)69-29(17)39(57)51-28(16)46(64)73-37(25(11)12)43(61)55-34(22(5)6)49(67)71-31(19)41(59)53-35(23(7)8)50(68)74-38(26(13)14)44(62)56-33(21(3)4)48(66)70-30(18)40(58)52-27(15)45(63)72-36(24(9)10)42(60)54-32/h20-38H,1-19H3,(H,51,57)(H,52,58)(H,53,59)(H,54,60)(H,55,61)(H,56,62). The molecule has 0 radical (unpaired) electrons. The van der Waals surface area contributed by atoms with E-state index in [1.165, 1.54) is 34.6 Å². The first-order valence-corrected chi connectivity index (χ1v) is 25.1. The van der Waals surface area contributed by atoms with Crippen molar-refractivity contribution in [3.63, 3.8) is 0 Å². The normalized spacial score (nSPS) is 29.6. The maximum absolute atomic E-state index is 13.8. The lowest BCUT2D eigenvalue weighted by Gasteiger charge is -2.29. The van der Waals surface area contributed by atoms with E-state index in [1.807, 2.05) is 0 Å². The number of nitrogens with one attached hydrogen (secondary N) is 6. The van der Waals surface area contributed by atoms with Gasteiger partial charge in [-0.1, -0.05) is 96.9 Å². The molecular weight excluding hydrogens is 973 g/mol. The minimum absolute atomic E-state index is 0.637. The van der Waals surface area contributed by atoms with E-state index in [0.717, 1.165) is 0 Å². The third kappa shape index (κ3) is 19.8. The maximum Gasteiger partial charge on any atom is 0.329 e. The van der Waals surface area contributed by atoms with Gasteiger partial charge in [-0.25, -0.2) is 28.8 Å². The number of carbonyl (C=O) groups excluding carboxylic acids is 12. The number of amides is 6. The van der Waals surface area contributed by atoms with Crippen LogP contribution in [0.15, 0.2) is 0 Å². The van der Waals surface area contributed by atoms with Gasteiger partial charge in [0, 0.05) is 0 Å². The maximum atomic E-state index is 13.8. The second kappa shape index (κ2) is 29.5. The third-order valence-corrected chi connectivity index (χ3v) is 11.6. The average molecular weight is 1060 g/mol. The van der Waals surface area contributed by atoms with Gasteiger partial charge in [0.2, 0.25) is 0 Å². The van der Waals surface area contributed by atoms with Crippen molar-refractivity contribution < 1.29 is 86.0 Å². The second-order valence-corrected chi connectivity index (χ2v) is 20.9. The number of cyclic esters (lactones) is 6. The van der Waals surface area contributed by atoms with E-state index in [0.29, 0.717) is 0 Å². The average Bonchev–Trinajstić information content (AvgIpc) is 3.28. The van der Waals surface area contributed by atoms with Gasteiger partial charge in [-0.05, 0) is 76.0 Å². The van der Waals surface area contributed by atoms with Crippen LogP contribution in [-0.2, 0) is 86.0 Å². The van der Waals surface area contributed by atoms with Crippen molar-refractivity contribution in [3.8, 4) is 0 Å². The van der Waals surface area contributed by atoms with E-state index >= 15 is 0 Å². The summed E-state index contributed by atoms with van der Waals surface area (Å²) in [4.78, 5) is 162. The molecule has 12 unspecified atom stereocenters. The summed E-state index contributed by atoms with van der Waals surface area (Å²) >= 11 is 0. The lowest BCUT2D eigenvalue weighted by Crippen LogP contribution is -2.55. The summed E-state index contributed by atoms with van der Waals surface area (Å²) in [5.74, 6) is -16.6. The fourth-order valence-corrected chi connectivity index (χ4v) is 6.78. The minimum Gasteiger partial charge on any atom is -0.451 e. The van der Waals surface area contributed by atoms with Gasteiger partial charge in [0.05, 0.1) is 0 Å². The molecule has 0 aliphatic carbocycles. The highest BCUT2D eigenvalue weighted by Crippen LogP contribution is 2.18. The fourth-order valence-electron chi connectivity index (χ4n) is 6.78. The van der Waals surface area contributed by atoms with Gasteiger partial charge in [0.25, 0.3) is 35.4 Å². The molecule has 1 aliphatic heterocycles. The Balaban J connectivity index is 3.72. The van der Waals surface area contributed by atoms with Crippen LogP contribution in [0.25, 0.3) is 0 Å². The molecule has 24 heteroatoms. The van der Waals surface area contributed by atoms with Crippen molar-refractivity contribution in [2.45, 2.75) is 204 Å². The predicted molar refractivity (Wildman–Crippen MR) is 263 cm³/mol. The lowest BCUT2D eigenvalue weighted by atomic mass is 10.0. The minimum atomic E-state index is -1.55. The van der Waals surface area contributed by atoms with Gasteiger partial charge in [-0.15, -0.1) is 0 Å². The lowest BCUT2D eigenvalue weighted by molar-refractivity contribution is -0.167. The monoisotopic (exact) mass is 1050 g/mol. The summed E-state index contributed by atoms with van der Waals surface area (Å²) in [7, 11) is 0. The molecule has 12 atom stereocenters. The largest absolute Gasteiger partial charge is 0.451 e. The van der Waals surface area contributed by atoms with Crippen LogP contribution in [0.3, 0.4) is 0 Å². The summed E-state index contributed by atoms with van der Waals surface area (Å²) in [6.07, 6.45) is -9.18. The summed E-state index contributed by atoms with van der Waals surface area (Å²) in [5.41, 5.74) is 0. The molecule has 420 valence electrons. The Labute approximate surface area is 434 Å². The van der Waals surface area contributed by atoms with Crippen LogP contribution in [-0.4, -0.2) is 144 Å². The molecule has 1 saturated heterocycles. The number of carbonyl (C=O) groups is 12. The zero-order valence-corrected chi connectivity index (χ0v) is 46.3. The van der Waals surface area contributed by atoms with Gasteiger partial charge in [-0.3, -0.25) is 28.8 Å². The van der Waals surface area contributed by atoms with Crippen molar-refractivity contribution in [1.82, 2.24) is 31.9 Å². The highest BCUT2D eigenvalue weighted by Gasteiger charge is 2.40. The molecule has 0 aromatic rings. The number of ether oxygens (including phenoxy) is 6. The van der Waals surface area contributed by atoms with Crippen LogP contribution >= 0.6 is 0 Å². The summed E-state index contributed by atoms with van der Waals surface area (Å²) in [5, 5.41) is 14.7. The van der Waals surface area contributed by atoms with E-state index in [9.17, 15) is 57.5 Å². The Bertz CT molecular complexity index is 2030. The number of hydrogen-bond acceptors (Lipinski definition) is 18. The third-order valence-electron chi connectivity index (χ3n) is 11.6. The molecule has 0 saturated carbocycles. The molecule has 0 aromatic heterocycles. The van der Waals surface area contributed by atoms with Crippen LogP contribution in [0, 0.1) is 41.4 Å². The molecule has 0 aromatic carbocycles. The first-order valence-electron chi connectivity index (χ1n) is 25.1. The molecule has 74 heavy (non-hydrogen) atoms. The summed E-state index contributed by atoms with van der Waals surface area (Å²) < 4.78 is 32.9. The van der Waals surface area contributed by atoms with E-state index in [-0.39, 0.29) is 0 Å². The summed E-state index contributed by atoms with van der Waals surface area (Å²) in [6.45, 7) is 28.1. The zero-order valence-electron chi connectivity index (χ0n) is 46.3. The quantitative estimate of drug-likeness (QED) is 0.153. The molecule has 6 N–H and O–H groups in total. The predicted octanol–water partition coefficient (Wildman–Crippen LogP) is 1.07. The van der Waals surface area contributed by atoms with E-state index in [4.69, 9.17) is 28.4 Å². The van der Waals surface area contributed by atoms with Gasteiger partial charge in [0.15, 0.2) is 36.6 Å². The highest BCUT2D eigenvalue weighted by molar-refractivity contribution is 5.95. The first-order chi connectivity index (χ1) is 34.0. The number of hydrogen-bond donors (Lipinski definition) is 6. The number of rotatable bonds is 7. The van der Waals surface area contributed by atoms with Crippen molar-refractivity contribution in [1.29, 1.82) is 0 Å². The Morgan fingerprint density at radius 2 is 0.446 bits per heavy atom. The molecule has 24 nitrogen and oxygen atoms in total. The van der Waals surface area contributed by atoms with Crippen LogP contribution in [0.1, 0.15) is 132 Å². The van der Waals surface area contributed by atoms with E-state index in [2.05, 4.69) is 31.9 Å². The topological polar surface area (TPSA) is 332 Å². The summed E-state index contributed by atoms with van der Waals surface area (Å²) in [6, 6.07) is -8.38. The van der Waals surface area contributed by atoms with Crippen LogP contribution in [0.2, 0.25) is 0 Å². The molecular formula is C50H82N6O18. The Morgan fingerprint density at radius 3 is 0.662 bits per heavy atom. The zero-order chi connectivity index (χ0) is 57.4. The van der Waals surface area contributed by atoms with Gasteiger partial charge in [-0.2, -0.15) is 0 Å². The smallest absolute Gasteiger partial charge is 0.329 e. The van der Waals surface area contributed by atoms with Crippen molar-refractivity contribution in [3.05, 3.63) is 0 Å². The van der Waals surface area contributed by atoms with Crippen LogP contribution in [0.5, 0.6) is 0 Å². The molecule has 0 bridgehead atoms. The Hall–Kier alpha value is -6.36. The first kappa shape index (κ1) is 65.7. The molecule has 1 rings (SSSR count). The number of esters is 6. The van der Waals surface area contributed by atoms with Crippen molar-refractivity contribution in [2.24, 2.45) is 41.4 Å². The fraction of sp³-hybridized carbons (Fsp3) is 0.760. The van der Waals surface area contributed by atoms with Crippen LogP contribution in [0.4, 0.5) is 0 Å². The second-order valence-electron chi connectivity index (χ2n) is 20.9. The Morgan fingerprint density at radius 1 is 0.257 bits per heavy atom. The van der Waals surface area contributed by atoms with E-state index in [1.54, 1.807) is 96.9 Å². The van der Waals surface area contributed by atoms with Crippen LogP contribution < -0.4 is 31.9 Å². The molecule has 1 heterocycles. The molecule has 1 fully saturated rings. The van der Waals surface area contributed by atoms with Gasteiger partial charge in [0.1, 0.15) is 36.3 Å². The molecule has 1 aliphatic rings. The molecule has 0 spiro atoms. The Kier molecular flexibility index (Phi) is 26.2. The molecule has 6 amide bonds. The van der Waals surface area contributed by atoms with Gasteiger partial charge >= 0.3 is 35.8 Å². The van der Waals surface area contributed by atoms with Crippen molar-refractivity contribution in [2.75, 3.05) is 0 Å². The highest BCUT2D eigenvalue weighted by atomic mass is 16.6. The van der Waals surface area contributed by atoms with Crippen molar-refractivity contribution >= 4 is 71.3 Å². The van der Waals surface area contributed by atoms with Gasteiger partial charge < -0.3 is 60.3 Å². The van der Waals surface area contributed by atoms with E-state index < -0.39 is 186 Å².